The van der Waals surface area contributed by atoms with E-state index in [0.29, 0.717) is 18.3 Å². The summed E-state index contributed by atoms with van der Waals surface area (Å²) in [4.78, 5) is 0. The first-order valence-corrected chi connectivity index (χ1v) is 9.92. The topological polar surface area (TPSA) is 27.7 Å². The van der Waals surface area contributed by atoms with Gasteiger partial charge >= 0.3 is 6.18 Å². The van der Waals surface area contributed by atoms with E-state index in [1.165, 1.54) is 0 Å². The van der Waals surface area contributed by atoms with Gasteiger partial charge in [-0.15, -0.1) is 0 Å². The Balaban J connectivity index is 1.80. The molecular weight excluding hydrogens is 344 g/mol. The third kappa shape index (κ3) is 2.26. The van der Waals surface area contributed by atoms with Gasteiger partial charge in [0.1, 0.15) is 0 Å². The van der Waals surface area contributed by atoms with Gasteiger partial charge < -0.3 is 14.2 Å². The molecule has 4 aliphatic rings. The molecule has 7 heteroatoms. The molecule has 2 aliphatic heterocycles. The minimum Gasteiger partial charge on any atom is -0.346 e. The minimum absolute atomic E-state index is 0.0215. The van der Waals surface area contributed by atoms with E-state index in [1.54, 1.807) is 6.92 Å². The van der Waals surface area contributed by atoms with E-state index >= 15 is 0 Å². The van der Waals surface area contributed by atoms with Gasteiger partial charge in [-0.25, -0.2) is 0 Å². The highest BCUT2D eigenvalue weighted by atomic mass is 19.4. The molecule has 2 radical (unpaired) electrons. The molecule has 4 rings (SSSR count). The molecule has 8 atom stereocenters. The lowest BCUT2D eigenvalue weighted by atomic mass is 9.57. The monoisotopic (exact) mass is 372 g/mol. The molecule has 0 bridgehead atoms. The van der Waals surface area contributed by atoms with Gasteiger partial charge in [0.25, 0.3) is 5.79 Å². The zero-order chi connectivity index (χ0) is 19.0. The van der Waals surface area contributed by atoms with Crippen molar-refractivity contribution in [3.63, 3.8) is 0 Å². The lowest BCUT2D eigenvalue weighted by molar-refractivity contribution is -0.468. The van der Waals surface area contributed by atoms with Crippen molar-refractivity contribution in [2.75, 3.05) is 6.61 Å². The molecule has 2 aliphatic carbocycles. The van der Waals surface area contributed by atoms with E-state index in [4.69, 9.17) is 22.1 Å². The first-order valence-electron chi connectivity index (χ1n) is 9.92. The fourth-order valence-electron chi connectivity index (χ4n) is 6.57. The SMILES string of the molecule is [B]CCOC1(C(F)(F)F)OC23CC24C(CCC(C)O3)C(C)CCC4C1C. The molecule has 2 saturated carbocycles. The van der Waals surface area contributed by atoms with Crippen LogP contribution in [0, 0.1) is 29.1 Å². The van der Waals surface area contributed by atoms with Crippen molar-refractivity contribution in [3.8, 4) is 0 Å². The number of hydrogen-bond acceptors (Lipinski definition) is 3. The third-order valence-electron chi connectivity index (χ3n) is 7.68. The number of alkyl halides is 3. The summed E-state index contributed by atoms with van der Waals surface area (Å²) in [6.07, 6.45) is -0.580. The third-order valence-corrected chi connectivity index (χ3v) is 7.68. The highest BCUT2D eigenvalue weighted by molar-refractivity contribution is 6.08. The molecule has 26 heavy (non-hydrogen) atoms. The van der Waals surface area contributed by atoms with Crippen LogP contribution in [0.5, 0.6) is 0 Å². The van der Waals surface area contributed by atoms with Crippen LogP contribution in [0.25, 0.3) is 0 Å². The minimum atomic E-state index is -4.64. The fourth-order valence-corrected chi connectivity index (χ4v) is 6.57. The number of rotatable bonds is 3. The Hall–Kier alpha value is -0.265. The van der Waals surface area contributed by atoms with E-state index < -0.39 is 23.7 Å². The number of hydrogen-bond donors (Lipinski definition) is 0. The average Bonchev–Trinajstić information content (AvgIpc) is 3.19. The average molecular weight is 372 g/mol. The predicted molar refractivity (Wildman–Crippen MR) is 90.5 cm³/mol. The Bertz CT molecular complexity index is 573. The number of ether oxygens (including phenoxy) is 3. The molecule has 0 N–H and O–H groups in total. The van der Waals surface area contributed by atoms with Crippen molar-refractivity contribution < 1.29 is 27.4 Å². The zero-order valence-corrected chi connectivity index (χ0v) is 15.8. The van der Waals surface area contributed by atoms with Gasteiger partial charge in [-0.1, -0.05) is 26.6 Å². The largest absolute Gasteiger partial charge is 0.443 e. The van der Waals surface area contributed by atoms with Crippen LogP contribution in [0.1, 0.15) is 52.9 Å². The summed E-state index contributed by atoms with van der Waals surface area (Å²) in [5.74, 6) is -3.84. The first-order chi connectivity index (χ1) is 12.1. The van der Waals surface area contributed by atoms with Crippen LogP contribution in [0.4, 0.5) is 13.2 Å². The maximum Gasteiger partial charge on any atom is 0.443 e. The molecule has 0 aromatic carbocycles. The second kappa shape index (κ2) is 5.87. The molecule has 2 saturated heterocycles. The van der Waals surface area contributed by atoms with Crippen LogP contribution in [-0.2, 0) is 14.2 Å². The summed E-state index contributed by atoms with van der Waals surface area (Å²) in [5, 5.41) is 0. The van der Waals surface area contributed by atoms with Crippen molar-refractivity contribution in [2.45, 2.75) is 83.0 Å². The van der Waals surface area contributed by atoms with Crippen LogP contribution in [0.15, 0.2) is 0 Å². The molecular formula is C19H28BF3O3. The van der Waals surface area contributed by atoms with Gasteiger partial charge in [-0.2, -0.15) is 13.2 Å². The second-order valence-electron chi connectivity index (χ2n) is 8.94. The van der Waals surface area contributed by atoms with E-state index in [2.05, 4.69) is 6.92 Å². The highest BCUT2D eigenvalue weighted by Gasteiger charge is 2.87. The van der Waals surface area contributed by atoms with E-state index in [-0.39, 0.29) is 30.4 Å². The summed E-state index contributed by atoms with van der Waals surface area (Å²) in [5.41, 5.74) is -0.296. The van der Waals surface area contributed by atoms with Gasteiger partial charge in [0.15, 0.2) is 5.79 Å². The van der Waals surface area contributed by atoms with Crippen molar-refractivity contribution in [1.82, 2.24) is 0 Å². The Kier molecular flexibility index (Phi) is 4.30. The number of halogens is 3. The molecule has 4 fully saturated rings. The highest BCUT2D eigenvalue weighted by Crippen LogP contribution is 2.80. The van der Waals surface area contributed by atoms with E-state index in [0.717, 1.165) is 25.7 Å². The quantitative estimate of drug-likeness (QED) is 0.685. The molecule has 2 heterocycles. The standard InChI is InChI=1S/C19H28BF3O3/c1-11-4-6-15-13(3)18(19(21,22)23,24-9-8-20)26-17-10-16(15,17)14(11)7-5-12(2)25-17/h11-15H,4-10H2,1-3H3. The molecule has 0 aromatic heterocycles. The Morgan fingerprint density at radius 3 is 2.42 bits per heavy atom. The van der Waals surface area contributed by atoms with Gasteiger partial charge in [0, 0.05) is 24.4 Å². The molecule has 8 unspecified atom stereocenters. The lowest BCUT2D eigenvalue weighted by Gasteiger charge is -2.56. The van der Waals surface area contributed by atoms with Gasteiger partial charge in [0.05, 0.1) is 14.0 Å². The van der Waals surface area contributed by atoms with E-state index in [1.807, 2.05) is 6.92 Å². The summed E-state index contributed by atoms with van der Waals surface area (Å²) in [6.45, 7) is 5.63. The fraction of sp³-hybridized carbons (Fsp3) is 1.00. The molecule has 0 aromatic rings. The van der Waals surface area contributed by atoms with Crippen molar-refractivity contribution in [1.29, 1.82) is 0 Å². The van der Waals surface area contributed by atoms with Gasteiger partial charge in [0.2, 0.25) is 0 Å². The summed E-state index contributed by atoms with van der Waals surface area (Å²) in [7, 11) is 5.45. The Labute approximate surface area is 154 Å². The van der Waals surface area contributed by atoms with Crippen LogP contribution in [0.2, 0.25) is 6.32 Å². The van der Waals surface area contributed by atoms with Crippen molar-refractivity contribution >= 4 is 7.85 Å². The summed E-state index contributed by atoms with van der Waals surface area (Å²) >= 11 is 0. The molecule has 0 amide bonds. The van der Waals surface area contributed by atoms with Crippen LogP contribution in [-0.4, -0.2) is 38.3 Å². The molecule has 146 valence electrons. The van der Waals surface area contributed by atoms with E-state index in [9.17, 15) is 13.2 Å². The maximum atomic E-state index is 14.3. The zero-order valence-electron chi connectivity index (χ0n) is 15.8. The molecule has 1 spiro atoms. The second-order valence-corrected chi connectivity index (χ2v) is 8.94. The first kappa shape index (κ1) is 19.1. The Morgan fingerprint density at radius 2 is 1.77 bits per heavy atom. The lowest BCUT2D eigenvalue weighted by Crippen LogP contribution is -2.66. The van der Waals surface area contributed by atoms with Crippen LogP contribution < -0.4 is 0 Å². The summed E-state index contributed by atoms with van der Waals surface area (Å²) in [6, 6.07) is 0. The van der Waals surface area contributed by atoms with Gasteiger partial charge in [-0.3, -0.25) is 0 Å². The predicted octanol–water partition coefficient (Wildman–Crippen LogP) is 4.46. The smallest absolute Gasteiger partial charge is 0.346 e. The van der Waals surface area contributed by atoms with Gasteiger partial charge in [-0.05, 0) is 43.9 Å². The van der Waals surface area contributed by atoms with Crippen LogP contribution in [0.3, 0.4) is 0 Å². The van der Waals surface area contributed by atoms with Crippen molar-refractivity contribution in [3.05, 3.63) is 0 Å². The normalized spacial score (nSPS) is 53.4. The molecule has 3 nitrogen and oxygen atoms in total. The van der Waals surface area contributed by atoms with Crippen LogP contribution >= 0.6 is 0 Å². The van der Waals surface area contributed by atoms with Crippen molar-refractivity contribution in [2.24, 2.45) is 29.1 Å². The Morgan fingerprint density at radius 1 is 1.08 bits per heavy atom. The maximum absolute atomic E-state index is 14.3. The summed E-state index contributed by atoms with van der Waals surface area (Å²) < 4.78 is 60.3.